The Kier molecular flexibility index (Phi) is 3.99. The van der Waals surface area contributed by atoms with E-state index < -0.39 is 11.6 Å². The van der Waals surface area contributed by atoms with Crippen LogP contribution in [0, 0.1) is 11.6 Å². The molecule has 0 saturated carbocycles. The fourth-order valence-corrected chi connectivity index (χ4v) is 2.10. The second kappa shape index (κ2) is 5.52. The third kappa shape index (κ3) is 2.84. The van der Waals surface area contributed by atoms with Gasteiger partial charge in [0.05, 0.1) is 11.4 Å². The normalized spacial score (nSPS) is 10.9. The number of carbonyl (C=O) groups is 1. The molecular formula is C12H12ClF2N3O. The Bertz CT molecular complexity index is 627. The molecule has 0 aliphatic rings. The van der Waals surface area contributed by atoms with E-state index in [1.165, 1.54) is 13.0 Å². The van der Waals surface area contributed by atoms with Gasteiger partial charge >= 0.3 is 0 Å². The highest BCUT2D eigenvalue weighted by molar-refractivity contribution is 6.16. The highest BCUT2D eigenvalue weighted by Gasteiger charge is 2.14. The zero-order chi connectivity index (χ0) is 14.0. The van der Waals surface area contributed by atoms with Crippen LogP contribution in [0.25, 0.3) is 11.0 Å². The van der Waals surface area contributed by atoms with Crippen molar-refractivity contribution < 1.29 is 13.6 Å². The van der Waals surface area contributed by atoms with Gasteiger partial charge in [-0.05, 0) is 6.07 Å². The fraction of sp³-hybridized carbons (Fsp3) is 0.333. The Labute approximate surface area is 113 Å². The van der Waals surface area contributed by atoms with E-state index in [0.717, 1.165) is 6.07 Å². The van der Waals surface area contributed by atoms with Crippen molar-refractivity contribution in [2.75, 3.05) is 6.54 Å². The summed E-state index contributed by atoms with van der Waals surface area (Å²) in [6, 6.07) is 1.99. The SMILES string of the molecule is CC(=O)NCCn1c(CCl)nc2c(F)cc(F)cc21. The number of rotatable bonds is 4. The van der Waals surface area contributed by atoms with Crippen molar-refractivity contribution in [2.45, 2.75) is 19.3 Å². The highest BCUT2D eigenvalue weighted by Crippen LogP contribution is 2.21. The van der Waals surface area contributed by atoms with Gasteiger partial charge in [0.15, 0.2) is 5.82 Å². The number of nitrogens with zero attached hydrogens (tertiary/aromatic N) is 2. The lowest BCUT2D eigenvalue weighted by atomic mass is 10.3. The fourth-order valence-electron chi connectivity index (χ4n) is 1.89. The van der Waals surface area contributed by atoms with Gasteiger partial charge in [-0.25, -0.2) is 13.8 Å². The van der Waals surface area contributed by atoms with Crippen LogP contribution in [0.5, 0.6) is 0 Å². The van der Waals surface area contributed by atoms with Gasteiger partial charge in [-0.3, -0.25) is 4.79 Å². The first-order valence-corrected chi connectivity index (χ1v) is 6.21. The number of alkyl halides is 1. The molecule has 102 valence electrons. The average molecular weight is 288 g/mol. The largest absolute Gasteiger partial charge is 0.355 e. The third-order valence-electron chi connectivity index (χ3n) is 2.68. The molecule has 19 heavy (non-hydrogen) atoms. The number of halogens is 3. The topological polar surface area (TPSA) is 46.9 Å². The maximum absolute atomic E-state index is 13.6. The first-order chi connectivity index (χ1) is 9.02. The van der Waals surface area contributed by atoms with Crippen LogP contribution in [0.1, 0.15) is 12.7 Å². The molecule has 2 rings (SSSR count). The first kappa shape index (κ1) is 13.7. The van der Waals surface area contributed by atoms with Crippen LogP contribution in [0.3, 0.4) is 0 Å². The number of hydrogen-bond donors (Lipinski definition) is 1. The third-order valence-corrected chi connectivity index (χ3v) is 2.92. The molecule has 1 N–H and O–H groups in total. The summed E-state index contributed by atoms with van der Waals surface area (Å²) in [6.45, 7) is 2.08. The minimum atomic E-state index is -0.723. The molecule has 0 bridgehead atoms. The van der Waals surface area contributed by atoms with Gasteiger partial charge in [0.25, 0.3) is 0 Å². The summed E-state index contributed by atoms with van der Waals surface area (Å²) in [7, 11) is 0. The predicted molar refractivity (Wildman–Crippen MR) is 67.9 cm³/mol. The molecular weight excluding hydrogens is 276 g/mol. The quantitative estimate of drug-likeness (QED) is 0.876. The van der Waals surface area contributed by atoms with E-state index in [1.54, 1.807) is 4.57 Å². The number of amides is 1. The van der Waals surface area contributed by atoms with E-state index in [-0.39, 0.29) is 17.3 Å². The second-order valence-electron chi connectivity index (χ2n) is 4.05. The Morgan fingerprint density at radius 1 is 1.47 bits per heavy atom. The predicted octanol–water partition coefficient (Wildman–Crippen LogP) is 2.19. The number of benzene rings is 1. The van der Waals surface area contributed by atoms with E-state index in [0.29, 0.717) is 24.4 Å². The summed E-state index contributed by atoms with van der Waals surface area (Å²) in [5, 5.41) is 2.61. The van der Waals surface area contributed by atoms with Crippen molar-refractivity contribution in [3.05, 3.63) is 29.6 Å². The number of nitrogens with one attached hydrogen (secondary N) is 1. The summed E-state index contributed by atoms with van der Waals surface area (Å²) in [5.74, 6) is -1.05. The minimum absolute atomic E-state index is 0.0792. The van der Waals surface area contributed by atoms with E-state index in [2.05, 4.69) is 10.3 Å². The van der Waals surface area contributed by atoms with Crippen molar-refractivity contribution in [3.63, 3.8) is 0 Å². The first-order valence-electron chi connectivity index (χ1n) is 5.67. The van der Waals surface area contributed by atoms with Gasteiger partial charge < -0.3 is 9.88 Å². The minimum Gasteiger partial charge on any atom is -0.355 e. The summed E-state index contributed by atoms with van der Waals surface area (Å²) in [6.07, 6.45) is 0. The van der Waals surface area contributed by atoms with Gasteiger partial charge in [-0.15, -0.1) is 11.6 Å². The van der Waals surface area contributed by atoms with Crippen molar-refractivity contribution in [1.29, 1.82) is 0 Å². The number of aromatic nitrogens is 2. The molecule has 0 aliphatic heterocycles. The lowest BCUT2D eigenvalue weighted by Gasteiger charge is -2.08. The molecule has 0 radical (unpaired) electrons. The van der Waals surface area contributed by atoms with Crippen molar-refractivity contribution in [1.82, 2.24) is 14.9 Å². The molecule has 1 amide bonds. The summed E-state index contributed by atoms with van der Waals surface area (Å²) >= 11 is 5.75. The summed E-state index contributed by atoms with van der Waals surface area (Å²) in [5.41, 5.74) is 0.415. The number of fused-ring (bicyclic) bond motifs is 1. The smallest absolute Gasteiger partial charge is 0.216 e. The molecule has 4 nitrogen and oxygen atoms in total. The van der Waals surface area contributed by atoms with Crippen LogP contribution >= 0.6 is 11.6 Å². The molecule has 0 saturated heterocycles. The Balaban J connectivity index is 2.42. The Hall–Kier alpha value is -1.69. The molecule has 1 heterocycles. The molecule has 7 heteroatoms. The lowest BCUT2D eigenvalue weighted by Crippen LogP contribution is -2.25. The second-order valence-corrected chi connectivity index (χ2v) is 4.32. The summed E-state index contributed by atoms with van der Waals surface area (Å²) in [4.78, 5) is 14.9. The maximum Gasteiger partial charge on any atom is 0.216 e. The molecule has 0 unspecified atom stereocenters. The van der Waals surface area contributed by atoms with Crippen molar-refractivity contribution in [2.24, 2.45) is 0 Å². The van der Waals surface area contributed by atoms with Gasteiger partial charge in [-0.2, -0.15) is 0 Å². The Morgan fingerprint density at radius 2 is 2.21 bits per heavy atom. The monoisotopic (exact) mass is 287 g/mol. The molecule has 2 aromatic rings. The van der Waals surface area contributed by atoms with Gasteiger partial charge in [0.1, 0.15) is 17.2 Å². The zero-order valence-electron chi connectivity index (χ0n) is 10.2. The van der Waals surface area contributed by atoms with E-state index in [1.807, 2.05) is 0 Å². The lowest BCUT2D eigenvalue weighted by molar-refractivity contribution is -0.118. The standard InChI is InChI=1S/C12H12ClF2N3O/c1-7(19)16-2-3-18-10-5-8(14)4-9(15)12(10)17-11(18)6-13/h4-5H,2-3,6H2,1H3,(H,16,19). The molecule has 1 aromatic carbocycles. The summed E-state index contributed by atoms with van der Waals surface area (Å²) < 4.78 is 28.5. The van der Waals surface area contributed by atoms with E-state index in [4.69, 9.17) is 11.6 Å². The van der Waals surface area contributed by atoms with Crippen LogP contribution in [-0.2, 0) is 17.2 Å². The molecule has 0 aliphatic carbocycles. The van der Waals surface area contributed by atoms with E-state index in [9.17, 15) is 13.6 Å². The van der Waals surface area contributed by atoms with Crippen molar-refractivity contribution >= 4 is 28.5 Å². The van der Waals surface area contributed by atoms with Crippen LogP contribution in [0.2, 0.25) is 0 Å². The van der Waals surface area contributed by atoms with Gasteiger partial charge in [0, 0.05) is 26.1 Å². The molecule has 0 atom stereocenters. The van der Waals surface area contributed by atoms with Crippen LogP contribution < -0.4 is 5.32 Å². The highest BCUT2D eigenvalue weighted by atomic mass is 35.5. The van der Waals surface area contributed by atoms with Gasteiger partial charge in [0.2, 0.25) is 5.91 Å². The average Bonchev–Trinajstić information content (AvgIpc) is 2.67. The molecule has 1 aromatic heterocycles. The number of imidazole rings is 1. The van der Waals surface area contributed by atoms with Crippen LogP contribution in [0.15, 0.2) is 12.1 Å². The number of carbonyl (C=O) groups excluding carboxylic acids is 1. The van der Waals surface area contributed by atoms with Gasteiger partial charge in [-0.1, -0.05) is 0 Å². The van der Waals surface area contributed by atoms with Crippen LogP contribution in [0.4, 0.5) is 8.78 Å². The number of hydrogen-bond acceptors (Lipinski definition) is 2. The van der Waals surface area contributed by atoms with Crippen molar-refractivity contribution in [3.8, 4) is 0 Å². The molecule has 0 spiro atoms. The Morgan fingerprint density at radius 3 is 2.84 bits per heavy atom. The maximum atomic E-state index is 13.6. The molecule has 0 fully saturated rings. The zero-order valence-corrected chi connectivity index (χ0v) is 11.0. The van der Waals surface area contributed by atoms with Crippen LogP contribution in [-0.4, -0.2) is 22.0 Å². The van der Waals surface area contributed by atoms with E-state index >= 15 is 0 Å².